The Balaban J connectivity index is 3.16. The van der Waals surface area contributed by atoms with Gasteiger partial charge < -0.3 is 10.6 Å². The third-order valence-corrected chi connectivity index (χ3v) is 2.91. The van der Waals surface area contributed by atoms with Crippen molar-refractivity contribution in [2.24, 2.45) is 11.7 Å². The summed E-state index contributed by atoms with van der Waals surface area (Å²) >= 11 is 0. The lowest BCUT2D eigenvalue weighted by Crippen LogP contribution is -2.34. The molecule has 18 heavy (non-hydrogen) atoms. The summed E-state index contributed by atoms with van der Waals surface area (Å²) in [6.45, 7) is 10.1. The molecular formula is C15H23N3. The fourth-order valence-corrected chi connectivity index (χ4v) is 2.03. The van der Waals surface area contributed by atoms with Crippen LogP contribution in [-0.2, 0) is 6.54 Å². The highest BCUT2D eigenvalue weighted by Crippen LogP contribution is 2.24. The molecule has 3 nitrogen and oxygen atoms in total. The van der Waals surface area contributed by atoms with E-state index in [1.54, 1.807) is 0 Å². The molecule has 0 aliphatic carbocycles. The van der Waals surface area contributed by atoms with Gasteiger partial charge in [-0.25, -0.2) is 0 Å². The molecule has 3 heteroatoms. The average molecular weight is 245 g/mol. The molecule has 0 aliphatic heterocycles. The van der Waals surface area contributed by atoms with Crippen molar-refractivity contribution in [1.29, 1.82) is 5.26 Å². The van der Waals surface area contributed by atoms with Crippen molar-refractivity contribution < 1.29 is 0 Å². The molecule has 0 saturated carbocycles. The van der Waals surface area contributed by atoms with Crippen molar-refractivity contribution in [3.8, 4) is 6.07 Å². The van der Waals surface area contributed by atoms with Gasteiger partial charge in [0.2, 0.25) is 0 Å². The number of anilines is 1. The van der Waals surface area contributed by atoms with Crippen molar-refractivity contribution >= 4 is 5.69 Å². The second-order valence-electron chi connectivity index (χ2n) is 5.31. The first kappa shape index (κ1) is 14.5. The molecule has 0 radical (unpaired) electrons. The maximum atomic E-state index is 9.29. The van der Waals surface area contributed by atoms with Gasteiger partial charge in [0.05, 0.1) is 11.3 Å². The molecule has 0 atom stereocenters. The zero-order valence-corrected chi connectivity index (χ0v) is 11.8. The van der Waals surface area contributed by atoms with Gasteiger partial charge in [-0.1, -0.05) is 19.9 Å². The third kappa shape index (κ3) is 3.48. The van der Waals surface area contributed by atoms with Crippen LogP contribution in [-0.4, -0.2) is 12.6 Å². The summed E-state index contributed by atoms with van der Waals surface area (Å²) in [7, 11) is 0. The normalized spacial score (nSPS) is 10.8. The van der Waals surface area contributed by atoms with Gasteiger partial charge in [0.25, 0.3) is 0 Å². The van der Waals surface area contributed by atoms with Gasteiger partial charge in [0, 0.05) is 19.1 Å². The molecule has 0 aliphatic rings. The van der Waals surface area contributed by atoms with E-state index in [1.165, 1.54) is 0 Å². The second-order valence-corrected chi connectivity index (χ2v) is 5.31. The van der Waals surface area contributed by atoms with Crippen LogP contribution in [0.3, 0.4) is 0 Å². The quantitative estimate of drug-likeness (QED) is 0.867. The Kier molecular flexibility index (Phi) is 5.18. The van der Waals surface area contributed by atoms with Gasteiger partial charge in [-0.05, 0) is 37.5 Å². The monoisotopic (exact) mass is 245 g/mol. The van der Waals surface area contributed by atoms with Crippen LogP contribution < -0.4 is 10.6 Å². The molecule has 0 bridgehead atoms. The smallest absolute Gasteiger partial charge is 0.101 e. The fourth-order valence-electron chi connectivity index (χ4n) is 2.03. The van der Waals surface area contributed by atoms with Gasteiger partial charge in [-0.3, -0.25) is 0 Å². The number of nitriles is 1. The van der Waals surface area contributed by atoms with Crippen LogP contribution in [0, 0.1) is 17.2 Å². The molecule has 0 saturated heterocycles. The molecule has 98 valence electrons. The van der Waals surface area contributed by atoms with Crippen LogP contribution in [0.15, 0.2) is 18.2 Å². The van der Waals surface area contributed by atoms with E-state index < -0.39 is 0 Å². The number of benzene rings is 1. The Hall–Kier alpha value is -1.53. The molecular weight excluding hydrogens is 222 g/mol. The van der Waals surface area contributed by atoms with Crippen molar-refractivity contribution in [3.63, 3.8) is 0 Å². The van der Waals surface area contributed by atoms with Crippen LogP contribution in [0.1, 0.15) is 38.8 Å². The lowest BCUT2D eigenvalue weighted by molar-refractivity contribution is 0.570. The number of hydrogen-bond donors (Lipinski definition) is 1. The van der Waals surface area contributed by atoms with Gasteiger partial charge >= 0.3 is 0 Å². The van der Waals surface area contributed by atoms with E-state index in [4.69, 9.17) is 5.73 Å². The molecule has 0 heterocycles. The topological polar surface area (TPSA) is 53.0 Å². The minimum Gasteiger partial charge on any atom is -0.368 e. The first-order chi connectivity index (χ1) is 8.49. The molecule has 2 N–H and O–H groups in total. The molecule has 0 fully saturated rings. The number of nitrogens with two attached hydrogens (primary N) is 1. The van der Waals surface area contributed by atoms with E-state index in [1.807, 2.05) is 18.2 Å². The van der Waals surface area contributed by atoms with Gasteiger partial charge in [0.1, 0.15) is 6.07 Å². The van der Waals surface area contributed by atoms with Crippen molar-refractivity contribution in [1.82, 2.24) is 0 Å². The van der Waals surface area contributed by atoms with E-state index >= 15 is 0 Å². The number of rotatable bonds is 5. The Morgan fingerprint density at radius 1 is 1.28 bits per heavy atom. The molecule has 1 aromatic carbocycles. The van der Waals surface area contributed by atoms with Gasteiger partial charge in [-0.2, -0.15) is 5.26 Å². The second kappa shape index (κ2) is 6.42. The largest absolute Gasteiger partial charge is 0.368 e. The van der Waals surface area contributed by atoms with E-state index in [0.29, 0.717) is 24.1 Å². The molecule has 1 aromatic rings. The molecule has 0 amide bonds. The lowest BCUT2D eigenvalue weighted by atomic mass is 10.1. The predicted octanol–water partition coefficient (Wildman–Crippen LogP) is 2.89. The van der Waals surface area contributed by atoms with Crippen LogP contribution in [0.4, 0.5) is 5.69 Å². The number of hydrogen-bond acceptors (Lipinski definition) is 3. The molecule has 0 unspecified atom stereocenters. The van der Waals surface area contributed by atoms with Crippen molar-refractivity contribution in [2.75, 3.05) is 11.4 Å². The van der Waals surface area contributed by atoms with E-state index in [0.717, 1.165) is 17.8 Å². The zero-order chi connectivity index (χ0) is 13.7. The number of nitrogens with zero attached hydrogens (tertiary/aromatic N) is 2. The van der Waals surface area contributed by atoms with Crippen LogP contribution in [0.25, 0.3) is 0 Å². The summed E-state index contributed by atoms with van der Waals surface area (Å²) in [6, 6.07) is 8.58. The summed E-state index contributed by atoms with van der Waals surface area (Å²) in [4.78, 5) is 2.28. The first-order valence-corrected chi connectivity index (χ1v) is 6.49. The Bertz CT molecular complexity index is 430. The highest BCUT2D eigenvalue weighted by Gasteiger charge is 2.16. The molecule has 1 rings (SSSR count). The summed E-state index contributed by atoms with van der Waals surface area (Å²) in [6.07, 6.45) is 0. The molecule has 0 aromatic heterocycles. The fraction of sp³-hybridized carbons (Fsp3) is 0.533. The van der Waals surface area contributed by atoms with E-state index in [-0.39, 0.29) is 0 Å². The Morgan fingerprint density at radius 3 is 2.39 bits per heavy atom. The first-order valence-electron chi connectivity index (χ1n) is 6.49. The van der Waals surface area contributed by atoms with E-state index in [2.05, 4.69) is 38.7 Å². The maximum absolute atomic E-state index is 9.29. The van der Waals surface area contributed by atoms with Crippen LogP contribution >= 0.6 is 0 Å². The average Bonchev–Trinajstić information content (AvgIpc) is 2.34. The van der Waals surface area contributed by atoms with Crippen LogP contribution in [0.2, 0.25) is 0 Å². The van der Waals surface area contributed by atoms with Crippen molar-refractivity contribution in [3.05, 3.63) is 29.3 Å². The molecule has 0 spiro atoms. The van der Waals surface area contributed by atoms with Crippen LogP contribution in [0.5, 0.6) is 0 Å². The zero-order valence-electron chi connectivity index (χ0n) is 11.8. The minimum atomic E-state index is 0.378. The SMILES string of the molecule is CC(C)CN(c1ccc(CN)cc1C#N)C(C)C. The Labute approximate surface area is 110 Å². The lowest BCUT2D eigenvalue weighted by Gasteiger charge is -2.31. The summed E-state index contributed by atoms with van der Waals surface area (Å²) in [5.74, 6) is 0.563. The van der Waals surface area contributed by atoms with Crippen molar-refractivity contribution in [2.45, 2.75) is 40.3 Å². The van der Waals surface area contributed by atoms with E-state index in [9.17, 15) is 5.26 Å². The predicted molar refractivity (Wildman–Crippen MR) is 76.4 cm³/mol. The third-order valence-electron chi connectivity index (χ3n) is 2.91. The summed E-state index contributed by atoms with van der Waals surface area (Å²) in [5, 5.41) is 9.29. The maximum Gasteiger partial charge on any atom is 0.101 e. The summed E-state index contributed by atoms with van der Waals surface area (Å²) in [5.41, 5.74) is 8.35. The van der Waals surface area contributed by atoms with Gasteiger partial charge in [0.15, 0.2) is 0 Å². The summed E-state index contributed by atoms with van der Waals surface area (Å²) < 4.78 is 0. The Morgan fingerprint density at radius 2 is 1.94 bits per heavy atom. The highest BCUT2D eigenvalue weighted by molar-refractivity contribution is 5.61. The highest BCUT2D eigenvalue weighted by atomic mass is 15.2. The standard InChI is InChI=1S/C15H23N3/c1-11(2)10-18(12(3)4)15-6-5-13(8-16)7-14(15)9-17/h5-7,11-12H,8,10,16H2,1-4H3. The minimum absolute atomic E-state index is 0.378. The van der Waals surface area contributed by atoms with Gasteiger partial charge in [-0.15, -0.1) is 0 Å².